The summed E-state index contributed by atoms with van der Waals surface area (Å²) in [6, 6.07) is 7.40. The summed E-state index contributed by atoms with van der Waals surface area (Å²) in [4.78, 5) is 26.7. The molecule has 7 heteroatoms. The lowest BCUT2D eigenvalue weighted by Gasteiger charge is -2.23. The van der Waals surface area contributed by atoms with Gasteiger partial charge in [-0.15, -0.1) is 0 Å². The molecule has 0 radical (unpaired) electrons. The quantitative estimate of drug-likeness (QED) is 0.909. The number of amides is 1. The van der Waals surface area contributed by atoms with Crippen molar-refractivity contribution in [3.63, 3.8) is 0 Å². The van der Waals surface area contributed by atoms with Gasteiger partial charge in [0.05, 0.1) is 17.8 Å². The van der Waals surface area contributed by atoms with Crippen LogP contribution in [0.5, 0.6) is 0 Å². The molecule has 2 aromatic heterocycles. The molecular weight excluding hydrogens is 306 g/mol. The second-order valence-electron chi connectivity index (χ2n) is 6.12. The summed E-state index contributed by atoms with van der Waals surface area (Å²) in [5.74, 6) is 1.27. The fourth-order valence-corrected chi connectivity index (χ4v) is 2.64. The molecule has 1 N–H and O–H groups in total. The Morgan fingerprint density at radius 3 is 2.75 bits per heavy atom. The minimum Gasteiger partial charge on any atom is -0.447 e. The van der Waals surface area contributed by atoms with Crippen LogP contribution >= 0.6 is 0 Å². The second-order valence-corrected chi connectivity index (χ2v) is 6.12. The van der Waals surface area contributed by atoms with Gasteiger partial charge in [0.15, 0.2) is 0 Å². The molecule has 3 heterocycles. The first-order valence-electron chi connectivity index (χ1n) is 8.02. The van der Waals surface area contributed by atoms with Crippen LogP contribution in [0.3, 0.4) is 0 Å². The van der Waals surface area contributed by atoms with Crippen molar-refractivity contribution in [2.45, 2.75) is 32.9 Å². The zero-order valence-electron chi connectivity index (χ0n) is 14.0. The summed E-state index contributed by atoms with van der Waals surface area (Å²) in [7, 11) is 0. The molecule has 1 aliphatic rings. The molecule has 1 aliphatic heterocycles. The molecule has 3 rings (SSSR count). The number of hydrogen-bond acceptors (Lipinski definition) is 6. The minimum atomic E-state index is -0.365. The summed E-state index contributed by atoms with van der Waals surface area (Å²) in [6.07, 6.45) is 3.02. The van der Waals surface area contributed by atoms with Crippen molar-refractivity contribution in [3.05, 3.63) is 42.4 Å². The number of ether oxygens (including phenoxy) is 1. The van der Waals surface area contributed by atoms with Crippen molar-refractivity contribution in [1.82, 2.24) is 15.0 Å². The largest absolute Gasteiger partial charge is 0.447 e. The number of nitrogens with zero attached hydrogens (tertiary/aromatic N) is 4. The first kappa shape index (κ1) is 16.2. The smallest absolute Gasteiger partial charge is 0.415 e. The molecule has 1 fully saturated rings. The van der Waals surface area contributed by atoms with E-state index in [2.05, 4.69) is 34.1 Å². The zero-order valence-corrected chi connectivity index (χ0v) is 14.0. The fourth-order valence-electron chi connectivity index (χ4n) is 2.64. The van der Waals surface area contributed by atoms with E-state index in [0.717, 1.165) is 5.69 Å². The topological polar surface area (TPSA) is 80.2 Å². The van der Waals surface area contributed by atoms with Crippen LogP contribution in [0.2, 0.25) is 0 Å². The maximum atomic E-state index is 12.1. The second kappa shape index (κ2) is 6.82. The Morgan fingerprint density at radius 1 is 1.21 bits per heavy atom. The molecule has 7 nitrogen and oxygen atoms in total. The van der Waals surface area contributed by atoms with E-state index in [1.54, 1.807) is 23.4 Å². The van der Waals surface area contributed by atoms with Gasteiger partial charge in [0.2, 0.25) is 5.95 Å². The maximum Gasteiger partial charge on any atom is 0.415 e. The Labute approximate surface area is 141 Å². The average Bonchev–Trinajstić information content (AvgIpc) is 2.98. The molecule has 126 valence electrons. The SMILES string of the molecule is CC(C)C1COC(=O)N1c1ccnc(N[C@@H](C)c2ccccn2)n1. The number of cyclic esters (lactones) is 1. The molecule has 1 unspecified atom stereocenters. The highest BCUT2D eigenvalue weighted by Gasteiger charge is 2.37. The van der Waals surface area contributed by atoms with Crippen LogP contribution in [0.1, 0.15) is 32.5 Å². The Morgan fingerprint density at radius 2 is 2.04 bits per heavy atom. The molecule has 0 aliphatic carbocycles. The maximum absolute atomic E-state index is 12.1. The normalized spacial score (nSPS) is 18.6. The molecular formula is C17H21N5O2. The highest BCUT2D eigenvalue weighted by Crippen LogP contribution is 2.26. The van der Waals surface area contributed by atoms with Gasteiger partial charge in [-0.3, -0.25) is 9.88 Å². The van der Waals surface area contributed by atoms with E-state index >= 15 is 0 Å². The third-order valence-electron chi connectivity index (χ3n) is 4.04. The molecule has 0 bridgehead atoms. The number of carbonyl (C=O) groups excluding carboxylic acids is 1. The van der Waals surface area contributed by atoms with Crippen LogP contribution in [0.4, 0.5) is 16.6 Å². The van der Waals surface area contributed by atoms with E-state index in [4.69, 9.17) is 4.74 Å². The predicted octanol–water partition coefficient (Wildman–Crippen LogP) is 3.03. The van der Waals surface area contributed by atoms with E-state index in [0.29, 0.717) is 18.4 Å². The lowest BCUT2D eigenvalue weighted by atomic mass is 10.0. The van der Waals surface area contributed by atoms with Crippen LogP contribution < -0.4 is 10.2 Å². The van der Waals surface area contributed by atoms with E-state index < -0.39 is 0 Å². The standard InChI is InChI=1S/C17H21N5O2/c1-11(2)14-10-24-17(23)22(14)15-7-9-19-16(21-15)20-12(3)13-6-4-5-8-18-13/h4-9,11-12,14H,10H2,1-3H3,(H,19,20,21)/t12-,14?/m0/s1. The van der Waals surface area contributed by atoms with Gasteiger partial charge in [0.25, 0.3) is 0 Å². The summed E-state index contributed by atoms with van der Waals surface area (Å²) >= 11 is 0. The summed E-state index contributed by atoms with van der Waals surface area (Å²) in [5, 5.41) is 3.22. The Kier molecular flexibility index (Phi) is 4.59. The molecule has 1 saturated heterocycles. The monoisotopic (exact) mass is 327 g/mol. The van der Waals surface area contributed by atoms with Gasteiger partial charge < -0.3 is 10.1 Å². The van der Waals surface area contributed by atoms with Crippen molar-refractivity contribution in [2.24, 2.45) is 5.92 Å². The molecule has 0 saturated carbocycles. The van der Waals surface area contributed by atoms with Gasteiger partial charge >= 0.3 is 6.09 Å². The number of carbonyl (C=O) groups is 1. The fraction of sp³-hybridized carbons (Fsp3) is 0.412. The Balaban J connectivity index is 1.80. The van der Waals surface area contributed by atoms with Crippen molar-refractivity contribution in [1.29, 1.82) is 0 Å². The van der Waals surface area contributed by atoms with Crippen molar-refractivity contribution in [3.8, 4) is 0 Å². The van der Waals surface area contributed by atoms with Crippen molar-refractivity contribution < 1.29 is 9.53 Å². The van der Waals surface area contributed by atoms with E-state index in [-0.39, 0.29) is 24.1 Å². The number of hydrogen-bond donors (Lipinski definition) is 1. The summed E-state index contributed by atoms with van der Waals surface area (Å²) in [5.41, 5.74) is 0.896. The molecule has 1 amide bonds. The summed E-state index contributed by atoms with van der Waals surface area (Å²) < 4.78 is 5.18. The first-order chi connectivity index (χ1) is 11.6. The van der Waals surface area contributed by atoms with Gasteiger partial charge in [-0.2, -0.15) is 4.98 Å². The number of anilines is 2. The number of rotatable bonds is 5. The Hall–Kier alpha value is -2.70. The van der Waals surface area contributed by atoms with Crippen molar-refractivity contribution >= 4 is 17.9 Å². The van der Waals surface area contributed by atoms with E-state index in [1.807, 2.05) is 25.1 Å². The van der Waals surface area contributed by atoms with Crippen LogP contribution in [-0.4, -0.2) is 33.7 Å². The lowest BCUT2D eigenvalue weighted by Crippen LogP contribution is -2.37. The lowest BCUT2D eigenvalue weighted by molar-refractivity contribution is 0.177. The Bertz CT molecular complexity index is 707. The van der Waals surface area contributed by atoms with Gasteiger partial charge in [0.1, 0.15) is 12.4 Å². The van der Waals surface area contributed by atoms with E-state index in [9.17, 15) is 4.79 Å². The van der Waals surface area contributed by atoms with Gasteiger partial charge in [0, 0.05) is 12.4 Å². The predicted molar refractivity (Wildman–Crippen MR) is 90.8 cm³/mol. The van der Waals surface area contributed by atoms with Gasteiger partial charge in [-0.1, -0.05) is 19.9 Å². The van der Waals surface area contributed by atoms with Crippen LogP contribution in [0.25, 0.3) is 0 Å². The molecule has 0 aromatic carbocycles. The van der Waals surface area contributed by atoms with Crippen LogP contribution in [0, 0.1) is 5.92 Å². The number of aromatic nitrogens is 3. The van der Waals surface area contributed by atoms with Crippen LogP contribution in [0.15, 0.2) is 36.7 Å². The minimum absolute atomic E-state index is 0.0199. The molecule has 2 aromatic rings. The summed E-state index contributed by atoms with van der Waals surface area (Å²) in [6.45, 7) is 6.49. The molecule has 2 atom stereocenters. The van der Waals surface area contributed by atoms with Crippen LogP contribution in [-0.2, 0) is 4.74 Å². The third-order valence-corrected chi connectivity index (χ3v) is 4.04. The highest BCUT2D eigenvalue weighted by molar-refractivity contribution is 5.89. The van der Waals surface area contributed by atoms with E-state index in [1.165, 1.54) is 0 Å². The average molecular weight is 327 g/mol. The number of nitrogens with one attached hydrogen (secondary N) is 1. The zero-order chi connectivity index (χ0) is 17.1. The van der Waals surface area contributed by atoms with Gasteiger partial charge in [-0.05, 0) is 31.0 Å². The molecule has 24 heavy (non-hydrogen) atoms. The third kappa shape index (κ3) is 3.29. The van der Waals surface area contributed by atoms with Crippen molar-refractivity contribution in [2.75, 3.05) is 16.8 Å². The first-order valence-corrected chi connectivity index (χ1v) is 8.02. The molecule has 0 spiro atoms. The number of pyridine rings is 1. The highest BCUT2D eigenvalue weighted by atomic mass is 16.6. The van der Waals surface area contributed by atoms with Gasteiger partial charge in [-0.25, -0.2) is 9.78 Å².